The maximum Gasteiger partial charge on any atom is 0.125 e. The van der Waals surface area contributed by atoms with Gasteiger partial charge in [-0.25, -0.2) is 8.42 Å². The Morgan fingerprint density at radius 1 is 0.909 bits per heavy atom. The van der Waals surface area contributed by atoms with Gasteiger partial charge >= 0.3 is 0 Å². The van der Waals surface area contributed by atoms with Crippen LogP contribution in [0.15, 0.2) is 65.6 Å². The minimum Gasteiger partial charge on any atom is -0.744 e. The molecular weight excluding hydrogens is 298 g/mol. The summed E-state index contributed by atoms with van der Waals surface area (Å²) in [6.07, 6.45) is 0. The lowest BCUT2D eigenvalue weighted by Gasteiger charge is -2.15. The minimum absolute atomic E-state index is 0.208. The number of nitrogens with one attached hydrogen (secondary N) is 1. The number of benzene rings is 3. The Bertz CT molecular complexity index is 927. The molecule has 3 rings (SSSR count). The Labute approximate surface area is 129 Å². The summed E-state index contributed by atoms with van der Waals surface area (Å²) in [4.78, 5) is -0.208. The van der Waals surface area contributed by atoms with E-state index in [4.69, 9.17) is 0 Å². The quantitative estimate of drug-likeness (QED) is 0.747. The smallest absolute Gasteiger partial charge is 0.125 e. The molecule has 0 saturated heterocycles. The van der Waals surface area contributed by atoms with Crippen LogP contribution in [0.2, 0.25) is 0 Å². The highest BCUT2D eigenvalue weighted by atomic mass is 32.2. The molecule has 0 aliphatic heterocycles. The lowest BCUT2D eigenvalue weighted by molar-refractivity contribution is 0.464. The van der Waals surface area contributed by atoms with Crippen molar-refractivity contribution in [1.82, 2.24) is 0 Å². The lowest BCUT2D eigenvalue weighted by atomic mass is 10.1. The van der Waals surface area contributed by atoms with Crippen molar-refractivity contribution in [2.75, 3.05) is 5.32 Å². The van der Waals surface area contributed by atoms with Gasteiger partial charge in [-0.05, 0) is 36.6 Å². The fourth-order valence-electron chi connectivity index (χ4n) is 2.41. The summed E-state index contributed by atoms with van der Waals surface area (Å²) in [5.74, 6) is 0. The molecule has 0 spiro atoms. The van der Waals surface area contributed by atoms with Crippen LogP contribution in [-0.2, 0) is 10.1 Å². The highest BCUT2D eigenvalue weighted by molar-refractivity contribution is 7.86. The SMILES string of the molecule is Cc1ccc(Nc2cccc3cccc(S(=O)(=O)[O-])c23)cc1. The zero-order chi connectivity index (χ0) is 15.7. The van der Waals surface area contributed by atoms with E-state index in [0.29, 0.717) is 16.5 Å². The van der Waals surface area contributed by atoms with E-state index < -0.39 is 10.1 Å². The van der Waals surface area contributed by atoms with Crippen molar-refractivity contribution in [3.63, 3.8) is 0 Å². The highest BCUT2D eigenvalue weighted by Crippen LogP contribution is 2.31. The summed E-state index contributed by atoms with van der Waals surface area (Å²) in [5, 5.41) is 4.30. The van der Waals surface area contributed by atoms with Crippen LogP contribution in [0.4, 0.5) is 11.4 Å². The molecule has 0 radical (unpaired) electrons. The third-order valence-corrected chi connectivity index (χ3v) is 4.35. The summed E-state index contributed by atoms with van der Waals surface area (Å²) in [7, 11) is -4.54. The molecule has 3 aromatic rings. The predicted octanol–water partition coefficient (Wildman–Crippen LogP) is 3.80. The van der Waals surface area contributed by atoms with Gasteiger partial charge in [0.05, 0.1) is 4.90 Å². The summed E-state index contributed by atoms with van der Waals surface area (Å²) >= 11 is 0. The Hall–Kier alpha value is -2.37. The zero-order valence-corrected chi connectivity index (χ0v) is 12.7. The molecule has 0 bridgehead atoms. The first-order valence-corrected chi connectivity index (χ1v) is 8.17. The fraction of sp³-hybridized carbons (Fsp3) is 0.0588. The normalized spacial score (nSPS) is 11.5. The first-order valence-electron chi connectivity index (χ1n) is 6.76. The van der Waals surface area contributed by atoms with E-state index in [1.54, 1.807) is 24.3 Å². The second kappa shape index (κ2) is 5.44. The summed E-state index contributed by atoms with van der Waals surface area (Å²) in [5.41, 5.74) is 2.55. The number of fused-ring (bicyclic) bond motifs is 1. The van der Waals surface area contributed by atoms with Gasteiger partial charge in [-0.2, -0.15) is 0 Å². The van der Waals surface area contributed by atoms with Gasteiger partial charge in [0.2, 0.25) is 0 Å². The number of anilines is 2. The molecule has 0 fully saturated rings. The lowest BCUT2D eigenvalue weighted by Crippen LogP contribution is -2.01. The monoisotopic (exact) mass is 312 g/mol. The average Bonchev–Trinajstić information content (AvgIpc) is 2.48. The Morgan fingerprint density at radius 2 is 1.55 bits per heavy atom. The van der Waals surface area contributed by atoms with Gasteiger partial charge in [0.15, 0.2) is 0 Å². The van der Waals surface area contributed by atoms with Crippen LogP contribution in [0.3, 0.4) is 0 Å². The Balaban J connectivity index is 2.19. The fourth-order valence-corrected chi connectivity index (χ4v) is 3.13. The molecule has 112 valence electrons. The van der Waals surface area contributed by atoms with E-state index in [9.17, 15) is 13.0 Å². The van der Waals surface area contributed by atoms with E-state index >= 15 is 0 Å². The molecule has 0 aliphatic rings. The summed E-state index contributed by atoms with van der Waals surface area (Å²) in [6, 6.07) is 17.8. The average molecular weight is 312 g/mol. The zero-order valence-electron chi connectivity index (χ0n) is 11.9. The summed E-state index contributed by atoms with van der Waals surface area (Å²) < 4.78 is 34.5. The maximum atomic E-state index is 11.5. The molecule has 0 atom stereocenters. The van der Waals surface area contributed by atoms with Crippen LogP contribution in [0.1, 0.15) is 5.56 Å². The van der Waals surface area contributed by atoms with Crippen LogP contribution in [0, 0.1) is 6.92 Å². The molecule has 22 heavy (non-hydrogen) atoms. The van der Waals surface area contributed by atoms with E-state index in [-0.39, 0.29) is 4.90 Å². The maximum absolute atomic E-state index is 11.5. The largest absolute Gasteiger partial charge is 0.744 e. The van der Waals surface area contributed by atoms with Crippen LogP contribution < -0.4 is 5.32 Å². The number of aryl methyl sites for hydroxylation is 1. The number of hydrogen-bond donors (Lipinski definition) is 1. The van der Waals surface area contributed by atoms with Crippen molar-refractivity contribution in [3.05, 3.63) is 66.2 Å². The van der Waals surface area contributed by atoms with E-state index in [1.165, 1.54) is 6.07 Å². The molecule has 0 amide bonds. The molecular formula is C17H14NO3S-. The molecule has 0 unspecified atom stereocenters. The van der Waals surface area contributed by atoms with Crippen LogP contribution in [0.25, 0.3) is 10.8 Å². The molecule has 1 N–H and O–H groups in total. The van der Waals surface area contributed by atoms with Gasteiger partial charge in [0.25, 0.3) is 0 Å². The van der Waals surface area contributed by atoms with Gasteiger partial charge in [-0.1, -0.05) is 42.0 Å². The van der Waals surface area contributed by atoms with Crippen molar-refractivity contribution < 1.29 is 13.0 Å². The third kappa shape index (κ3) is 2.81. The molecule has 3 aromatic carbocycles. The first-order chi connectivity index (χ1) is 10.4. The number of rotatable bonds is 3. The molecule has 0 aliphatic carbocycles. The molecule has 0 aromatic heterocycles. The van der Waals surface area contributed by atoms with Crippen molar-refractivity contribution in [2.45, 2.75) is 11.8 Å². The third-order valence-electron chi connectivity index (χ3n) is 3.47. The molecule has 5 heteroatoms. The highest BCUT2D eigenvalue weighted by Gasteiger charge is 2.11. The van der Waals surface area contributed by atoms with E-state index in [0.717, 1.165) is 11.3 Å². The van der Waals surface area contributed by atoms with Crippen LogP contribution in [0.5, 0.6) is 0 Å². The van der Waals surface area contributed by atoms with Crippen LogP contribution >= 0.6 is 0 Å². The van der Waals surface area contributed by atoms with Crippen molar-refractivity contribution >= 4 is 32.3 Å². The standard InChI is InChI=1S/C17H15NO3S/c1-12-8-10-14(11-9-12)18-15-6-2-4-13-5-3-7-16(17(13)15)22(19,20)21/h2-11,18H,1H3,(H,19,20,21)/p-1. The Kier molecular flexibility index (Phi) is 3.60. The van der Waals surface area contributed by atoms with Gasteiger partial charge in [0.1, 0.15) is 10.1 Å². The molecule has 0 heterocycles. The van der Waals surface area contributed by atoms with E-state index in [1.807, 2.05) is 37.3 Å². The van der Waals surface area contributed by atoms with Gasteiger partial charge in [-0.15, -0.1) is 0 Å². The predicted molar refractivity (Wildman–Crippen MR) is 86.4 cm³/mol. The van der Waals surface area contributed by atoms with E-state index in [2.05, 4.69) is 5.32 Å². The summed E-state index contributed by atoms with van der Waals surface area (Å²) in [6.45, 7) is 1.99. The second-order valence-electron chi connectivity index (χ2n) is 5.10. The molecule has 4 nitrogen and oxygen atoms in total. The molecule has 0 saturated carbocycles. The minimum atomic E-state index is -4.54. The van der Waals surface area contributed by atoms with Gasteiger partial charge in [-0.3, -0.25) is 0 Å². The Morgan fingerprint density at radius 3 is 2.18 bits per heavy atom. The first kappa shape index (κ1) is 14.6. The van der Waals surface area contributed by atoms with Crippen LogP contribution in [-0.4, -0.2) is 13.0 Å². The topological polar surface area (TPSA) is 69.2 Å². The van der Waals surface area contributed by atoms with Gasteiger partial charge < -0.3 is 9.87 Å². The van der Waals surface area contributed by atoms with Crippen molar-refractivity contribution in [1.29, 1.82) is 0 Å². The van der Waals surface area contributed by atoms with Crippen molar-refractivity contribution in [3.8, 4) is 0 Å². The number of hydrogen-bond acceptors (Lipinski definition) is 4. The second-order valence-corrected chi connectivity index (χ2v) is 6.45. The van der Waals surface area contributed by atoms with Gasteiger partial charge in [0, 0.05) is 16.8 Å². The van der Waals surface area contributed by atoms with Crippen molar-refractivity contribution in [2.24, 2.45) is 0 Å².